The van der Waals surface area contributed by atoms with Crippen molar-refractivity contribution in [3.05, 3.63) is 17.7 Å². The lowest BCUT2D eigenvalue weighted by Gasteiger charge is -2.17. The minimum atomic E-state index is -3.75. The molecule has 1 aromatic rings. The van der Waals surface area contributed by atoms with Crippen LogP contribution < -0.4 is 10.5 Å². The molecule has 5 nitrogen and oxygen atoms in total. The van der Waals surface area contributed by atoms with Gasteiger partial charge in [-0.1, -0.05) is 19.9 Å². The van der Waals surface area contributed by atoms with Crippen molar-refractivity contribution in [2.24, 2.45) is 16.5 Å². The van der Waals surface area contributed by atoms with Crippen molar-refractivity contribution in [2.75, 3.05) is 11.9 Å². The summed E-state index contributed by atoms with van der Waals surface area (Å²) in [5.74, 6) is 1.43. The van der Waals surface area contributed by atoms with E-state index in [9.17, 15) is 8.42 Å². The topological polar surface area (TPSA) is 85.1 Å². The molecule has 1 saturated carbocycles. The number of pyridine rings is 1. The molecule has 1 aromatic heterocycles. The number of hydrogen-bond acceptors (Lipinski definition) is 4. The third-order valence-electron chi connectivity index (χ3n) is 4.52. The molecule has 1 atom stereocenters. The van der Waals surface area contributed by atoms with E-state index in [0.29, 0.717) is 11.2 Å². The molecule has 6 heteroatoms. The van der Waals surface area contributed by atoms with Crippen LogP contribution in [0.5, 0.6) is 0 Å². The first-order chi connectivity index (χ1) is 10.2. The summed E-state index contributed by atoms with van der Waals surface area (Å²) >= 11 is 0. The van der Waals surface area contributed by atoms with Crippen LogP contribution in [0.25, 0.3) is 0 Å². The van der Waals surface area contributed by atoms with Gasteiger partial charge in [0.25, 0.3) is 10.0 Å². The fraction of sp³-hybridized carbons (Fsp3) is 0.688. The smallest absolute Gasteiger partial charge is 0.255 e. The second-order valence-electron chi connectivity index (χ2n) is 7.20. The Morgan fingerprint density at radius 1 is 1.41 bits per heavy atom. The molecule has 0 amide bonds. The van der Waals surface area contributed by atoms with E-state index in [0.717, 1.165) is 24.4 Å². The van der Waals surface area contributed by atoms with Crippen molar-refractivity contribution in [3.8, 4) is 0 Å². The molecular weight excluding hydrogens is 298 g/mol. The van der Waals surface area contributed by atoms with E-state index in [1.54, 1.807) is 6.07 Å². The number of aromatic nitrogens is 1. The number of sulfonamides is 1. The first kappa shape index (κ1) is 17.2. The summed E-state index contributed by atoms with van der Waals surface area (Å²) in [7, 11) is -3.75. The summed E-state index contributed by atoms with van der Waals surface area (Å²) in [5, 5.41) is 8.27. The molecule has 2 rings (SSSR count). The predicted molar refractivity (Wildman–Crippen MR) is 89.2 cm³/mol. The maximum absolute atomic E-state index is 11.3. The third-order valence-corrected chi connectivity index (χ3v) is 5.33. The second kappa shape index (κ2) is 6.54. The van der Waals surface area contributed by atoms with E-state index < -0.39 is 10.0 Å². The summed E-state index contributed by atoms with van der Waals surface area (Å²) in [5.41, 5.74) is 1.43. The van der Waals surface area contributed by atoms with E-state index in [-0.39, 0.29) is 5.03 Å². The van der Waals surface area contributed by atoms with Gasteiger partial charge in [0, 0.05) is 6.54 Å². The zero-order valence-electron chi connectivity index (χ0n) is 13.7. The highest BCUT2D eigenvalue weighted by molar-refractivity contribution is 7.89. The molecule has 0 aromatic carbocycles. The average molecular weight is 325 g/mol. The molecule has 0 saturated heterocycles. The molecule has 0 aliphatic heterocycles. The lowest BCUT2D eigenvalue weighted by atomic mass is 9.89. The summed E-state index contributed by atoms with van der Waals surface area (Å²) in [6.45, 7) is 7.40. The number of rotatable bonds is 6. The molecule has 0 radical (unpaired) electrons. The summed E-state index contributed by atoms with van der Waals surface area (Å²) in [4.78, 5) is 4.11. The van der Waals surface area contributed by atoms with Gasteiger partial charge < -0.3 is 5.32 Å². The molecule has 1 heterocycles. The Balaban J connectivity index is 1.85. The molecule has 22 heavy (non-hydrogen) atoms. The Labute approximate surface area is 133 Å². The van der Waals surface area contributed by atoms with Crippen molar-refractivity contribution in [1.29, 1.82) is 0 Å². The van der Waals surface area contributed by atoms with Crippen molar-refractivity contribution < 1.29 is 8.42 Å². The molecule has 1 aliphatic carbocycles. The van der Waals surface area contributed by atoms with Crippen molar-refractivity contribution >= 4 is 15.8 Å². The van der Waals surface area contributed by atoms with E-state index >= 15 is 0 Å². The van der Waals surface area contributed by atoms with Gasteiger partial charge in [-0.3, -0.25) is 0 Å². The Hall–Kier alpha value is -1.14. The lowest BCUT2D eigenvalue weighted by Crippen LogP contribution is -2.16. The third kappa shape index (κ3) is 4.68. The Kier molecular flexibility index (Phi) is 5.12. The highest BCUT2D eigenvalue weighted by Crippen LogP contribution is 2.42. The highest BCUT2D eigenvalue weighted by Gasteiger charge is 2.30. The summed E-state index contributed by atoms with van der Waals surface area (Å²) in [6, 6.07) is 3.17. The highest BCUT2D eigenvalue weighted by atomic mass is 32.2. The second-order valence-corrected chi connectivity index (χ2v) is 8.71. The van der Waals surface area contributed by atoms with Crippen LogP contribution in [0.15, 0.2) is 17.2 Å². The Bertz CT molecular complexity index is 626. The summed E-state index contributed by atoms with van der Waals surface area (Å²) < 4.78 is 22.7. The quantitative estimate of drug-likeness (QED) is 0.787. The molecular formula is C16H27N3O2S. The molecule has 3 N–H and O–H groups in total. The van der Waals surface area contributed by atoms with Crippen LogP contribution in [0.1, 0.15) is 51.5 Å². The van der Waals surface area contributed by atoms with Crippen LogP contribution in [0.2, 0.25) is 0 Å². The van der Waals surface area contributed by atoms with E-state index in [1.807, 2.05) is 6.92 Å². The summed E-state index contributed by atoms with van der Waals surface area (Å²) in [6.07, 6.45) is 6.24. The zero-order chi connectivity index (χ0) is 16.4. The van der Waals surface area contributed by atoms with Crippen LogP contribution in [0.3, 0.4) is 0 Å². The normalized spacial score (nSPS) is 21.0. The van der Waals surface area contributed by atoms with Crippen molar-refractivity contribution in [1.82, 2.24) is 4.98 Å². The van der Waals surface area contributed by atoms with Gasteiger partial charge in [0.15, 0.2) is 5.03 Å². The molecule has 1 unspecified atom stereocenters. The molecule has 1 aliphatic rings. The van der Waals surface area contributed by atoms with E-state index in [2.05, 4.69) is 24.1 Å². The zero-order valence-corrected chi connectivity index (χ0v) is 14.5. The van der Waals surface area contributed by atoms with Gasteiger partial charge in [0.2, 0.25) is 0 Å². The minimum Gasteiger partial charge on any atom is -0.370 e. The standard InChI is InChI=1S/C16H27N3O2S/c1-12-6-7-14(22(17,20)21)19-15(12)18-10-4-5-13-8-9-16(2,3)11-13/h6-7,13H,4-5,8-11H2,1-3H3,(H,18,19)(H2,17,20,21). The van der Waals surface area contributed by atoms with Crippen molar-refractivity contribution in [2.45, 2.75) is 57.9 Å². The first-order valence-electron chi connectivity index (χ1n) is 7.92. The Morgan fingerprint density at radius 2 is 2.14 bits per heavy atom. The molecule has 124 valence electrons. The SMILES string of the molecule is Cc1ccc(S(N)(=O)=O)nc1NCCCC1CCC(C)(C)C1. The van der Waals surface area contributed by atoms with Gasteiger partial charge in [-0.15, -0.1) is 0 Å². The first-order valence-corrected chi connectivity index (χ1v) is 9.46. The fourth-order valence-electron chi connectivity index (χ4n) is 3.27. The monoisotopic (exact) mass is 325 g/mol. The van der Waals surface area contributed by atoms with E-state index in [4.69, 9.17) is 5.14 Å². The van der Waals surface area contributed by atoms with Crippen LogP contribution in [0.4, 0.5) is 5.82 Å². The minimum absolute atomic E-state index is 0.0851. The van der Waals surface area contributed by atoms with Gasteiger partial charge in [-0.25, -0.2) is 18.5 Å². The lowest BCUT2D eigenvalue weighted by molar-refractivity contribution is 0.352. The van der Waals surface area contributed by atoms with Crippen molar-refractivity contribution in [3.63, 3.8) is 0 Å². The van der Waals surface area contributed by atoms with Gasteiger partial charge in [0.05, 0.1) is 0 Å². The maximum Gasteiger partial charge on any atom is 0.255 e. The van der Waals surface area contributed by atoms with Gasteiger partial charge >= 0.3 is 0 Å². The van der Waals surface area contributed by atoms with Gasteiger partial charge in [0.1, 0.15) is 5.82 Å². The number of primary sulfonamides is 1. The average Bonchev–Trinajstić information content (AvgIpc) is 2.75. The number of nitrogens with zero attached hydrogens (tertiary/aromatic N) is 1. The molecule has 0 bridgehead atoms. The van der Waals surface area contributed by atoms with E-state index in [1.165, 1.54) is 31.7 Å². The van der Waals surface area contributed by atoms with Gasteiger partial charge in [-0.2, -0.15) is 0 Å². The largest absolute Gasteiger partial charge is 0.370 e. The number of hydrogen-bond donors (Lipinski definition) is 2. The molecule has 0 spiro atoms. The van der Waals surface area contributed by atoms with Crippen LogP contribution in [-0.4, -0.2) is 19.9 Å². The van der Waals surface area contributed by atoms with Crippen LogP contribution in [0, 0.1) is 18.3 Å². The van der Waals surface area contributed by atoms with Gasteiger partial charge in [-0.05, 0) is 62.0 Å². The predicted octanol–water partition coefficient (Wildman–Crippen LogP) is 3.06. The number of nitrogens with two attached hydrogens (primary N) is 1. The van der Waals surface area contributed by atoms with Crippen LogP contribution >= 0.6 is 0 Å². The maximum atomic E-state index is 11.3. The Morgan fingerprint density at radius 3 is 2.73 bits per heavy atom. The fourth-order valence-corrected chi connectivity index (χ4v) is 3.75. The number of aryl methyl sites for hydroxylation is 1. The number of nitrogens with one attached hydrogen (secondary N) is 1. The van der Waals surface area contributed by atoms with Crippen LogP contribution in [-0.2, 0) is 10.0 Å². The molecule has 1 fully saturated rings. The number of anilines is 1.